The van der Waals surface area contributed by atoms with Crippen molar-refractivity contribution in [2.24, 2.45) is 5.92 Å². The lowest BCUT2D eigenvalue weighted by atomic mass is 10.2. The minimum Gasteiger partial charge on any atom is -0.383 e. The summed E-state index contributed by atoms with van der Waals surface area (Å²) in [7, 11) is -1.99. The molecule has 0 N–H and O–H groups in total. The van der Waals surface area contributed by atoms with Gasteiger partial charge in [0.15, 0.2) is 0 Å². The molecule has 1 aliphatic carbocycles. The van der Waals surface area contributed by atoms with E-state index in [2.05, 4.69) is 0 Å². The van der Waals surface area contributed by atoms with Gasteiger partial charge in [0.2, 0.25) is 10.0 Å². The van der Waals surface area contributed by atoms with Crippen molar-refractivity contribution in [2.75, 3.05) is 20.3 Å². The molecule has 1 aliphatic rings. The Morgan fingerprint density at radius 1 is 1.38 bits per heavy atom. The largest absolute Gasteiger partial charge is 0.383 e. The summed E-state index contributed by atoms with van der Waals surface area (Å²) in [5.41, 5.74) is 0.452. The highest BCUT2D eigenvalue weighted by molar-refractivity contribution is 7.89. The average Bonchev–Trinajstić information content (AvgIpc) is 3.32. The van der Waals surface area contributed by atoms with Gasteiger partial charge in [0, 0.05) is 19.7 Å². The van der Waals surface area contributed by atoms with Crippen LogP contribution in [0, 0.1) is 17.2 Å². The summed E-state index contributed by atoms with van der Waals surface area (Å²) in [6.07, 6.45) is 2.15. The van der Waals surface area contributed by atoms with E-state index in [9.17, 15) is 8.42 Å². The monoisotopic (exact) mass is 308 g/mol. The van der Waals surface area contributed by atoms with Crippen molar-refractivity contribution in [3.05, 3.63) is 29.8 Å². The van der Waals surface area contributed by atoms with Crippen LogP contribution in [0.5, 0.6) is 0 Å². The van der Waals surface area contributed by atoms with Gasteiger partial charge >= 0.3 is 0 Å². The number of hydrogen-bond acceptors (Lipinski definition) is 4. The van der Waals surface area contributed by atoms with Crippen molar-refractivity contribution in [3.63, 3.8) is 0 Å². The highest BCUT2D eigenvalue weighted by atomic mass is 32.2. The molecule has 0 bridgehead atoms. The highest BCUT2D eigenvalue weighted by Crippen LogP contribution is 2.37. The van der Waals surface area contributed by atoms with Crippen molar-refractivity contribution in [1.29, 1.82) is 5.26 Å². The fraction of sp³-hybridized carbons (Fsp3) is 0.533. The zero-order valence-corrected chi connectivity index (χ0v) is 13.1. The first kappa shape index (κ1) is 16.0. The topological polar surface area (TPSA) is 70.4 Å². The minimum absolute atomic E-state index is 0.0270. The Hall–Kier alpha value is -1.42. The normalized spacial score (nSPS) is 16.7. The van der Waals surface area contributed by atoms with Gasteiger partial charge in [0.05, 0.1) is 23.1 Å². The summed E-state index contributed by atoms with van der Waals surface area (Å²) in [5, 5.41) is 8.80. The third-order valence-corrected chi connectivity index (χ3v) is 5.86. The number of rotatable bonds is 7. The Labute approximate surface area is 126 Å². The number of nitrogens with zero attached hydrogens (tertiary/aromatic N) is 2. The molecule has 21 heavy (non-hydrogen) atoms. The molecule has 114 valence electrons. The summed E-state index contributed by atoms with van der Waals surface area (Å²) in [4.78, 5) is 0.227. The van der Waals surface area contributed by atoms with E-state index < -0.39 is 10.0 Å². The van der Waals surface area contributed by atoms with Gasteiger partial charge < -0.3 is 4.74 Å². The molecular weight excluding hydrogens is 288 g/mol. The molecule has 1 atom stereocenters. The second kappa shape index (κ2) is 6.56. The first-order valence-corrected chi connectivity index (χ1v) is 8.45. The number of benzene rings is 1. The Balaban J connectivity index is 2.28. The van der Waals surface area contributed by atoms with E-state index in [-0.39, 0.29) is 10.9 Å². The van der Waals surface area contributed by atoms with Crippen LogP contribution in [0.2, 0.25) is 0 Å². The number of sulfonamides is 1. The van der Waals surface area contributed by atoms with Crippen molar-refractivity contribution < 1.29 is 13.2 Å². The first-order chi connectivity index (χ1) is 10.0. The Bertz CT molecular complexity index is 615. The second-order valence-corrected chi connectivity index (χ2v) is 7.21. The fourth-order valence-electron chi connectivity index (χ4n) is 2.37. The van der Waals surface area contributed by atoms with Gasteiger partial charge in [0.1, 0.15) is 0 Å². The summed E-state index contributed by atoms with van der Waals surface area (Å²) in [5.74, 6) is 0.440. The lowest BCUT2D eigenvalue weighted by Crippen LogP contribution is -2.41. The van der Waals surface area contributed by atoms with Gasteiger partial charge in [-0.25, -0.2) is 8.42 Å². The Morgan fingerprint density at radius 2 is 2.00 bits per heavy atom. The van der Waals surface area contributed by atoms with Crippen LogP contribution in [0.1, 0.15) is 25.3 Å². The van der Waals surface area contributed by atoms with Crippen LogP contribution in [0.4, 0.5) is 0 Å². The van der Waals surface area contributed by atoms with Crippen molar-refractivity contribution in [2.45, 2.75) is 30.7 Å². The van der Waals surface area contributed by atoms with E-state index in [1.807, 2.05) is 13.0 Å². The molecule has 2 rings (SSSR count). The molecule has 0 heterocycles. The van der Waals surface area contributed by atoms with Crippen LogP contribution in [-0.4, -0.2) is 39.0 Å². The fourth-order valence-corrected chi connectivity index (χ4v) is 4.05. The van der Waals surface area contributed by atoms with Gasteiger partial charge in [-0.05, 0) is 49.9 Å². The predicted molar refractivity (Wildman–Crippen MR) is 79.1 cm³/mol. The molecular formula is C15H20N2O3S. The number of hydrogen-bond donors (Lipinski definition) is 0. The van der Waals surface area contributed by atoms with Crippen LogP contribution in [0.3, 0.4) is 0 Å². The zero-order valence-electron chi connectivity index (χ0n) is 12.3. The SMILES string of the molecule is COCCN([C@H](C)C1CC1)S(=O)(=O)c1ccc(C#N)cc1. The van der Waals surface area contributed by atoms with Gasteiger partial charge in [-0.3, -0.25) is 0 Å². The lowest BCUT2D eigenvalue weighted by molar-refractivity contribution is 0.164. The van der Waals surface area contributed by atoms with E-state index in [1.54, 1.807) is 7.11 Å². The first-order valence-electron chi connectivity index (χ1n) is 7.01. The van der Waals surface area contributed by atoms with Crippen molar-refractivity contribution in [1.82, 2.24) is 4.31 Å². The Kier molecular flexibility index (Phi) is 4.99. The average molecular weight is 308 g/mol. The van der Waals surface area contributed by atoms with Gasteiger partial charge in [-0.1, -0.05) is 0 Å². The van der Waals surface area contributed by atoms with Crippen molar-refractivity contribution >= 4 is 10.0 Å². The van der Waals surface area contributed by atoms with Gasteiger partial charge in [-0.2, -0.15) is 9.57 Å². The molecule has 0 saturated heterocycles. The summed E-state index contributed by atoms with van der Waals surface area (Å²) < 4.78 is 32.2. The zero-order chi connectivity index (χ0) is 15.5. The van der Waals surface area contributed by atoms with Crippen LogP contribution >= 0.6 is 0 Å². The maximum Gasteiger partial charge on any atom is 0.243 e. The van der Waals surface area contributed by atoms with Crippen LogP contribution in [0.15, 0.2) is 29.2 Å². The molecule has 5 nitrogen and oxygen atoms in total. The maximum atomic E-state index is 12.8. The predicted octanol–water partition coefficient (Wildman–Crippen LogP) is 1.99. The third kappa shape index (κ3) is 3.62. The van der Waals surface area contributed by atoms with Gasteiger partial charge in [-0.15, -0.1) is 0 Å². The molecule has 1 aromatic rings. The van der Waals surface area contributed by atoms with E-state index in [0.29, 0.717) is 24.6 Å². The molecule has 0 aliphatic heterocycles. The standard InChI is InChI=1S/C15H20N2O3S/c1-12(14-5-6-14)17(9-10-20-2)21(18,19)15-7-3-13(11-16)4-8-15/h3-4,7-8,12,14H,5-6,9-10H2,1-2H3/t12-/m1/s1. The summed E-state index contributed by atoms with van der Waals surface area (Å²) in [6.45, 7) is 2.66. The summed E-state index contributed by atoms with van der Waals surface area (Å²) >= 11 is 0. The quantitative estimate of drug-likeness (QED) is 0.772. The van der Waals surface area contributed by atoms with E-state index in [0.717, 1.165) is 12.8 Å². The molecule has 6 heteroatoms. The molecule has 0 amide bonds. The third-order valence-electron chi connectivity index (χ3n) is 3.86. The number of nitriles is 1. The Morgan fingerprint density at radius 3 is 2.48 bits per heavy atom. The smallest absolute Gasteiger partial charge is 0.243 e. The maximum absolute atomic E-state index is 12.8. The number of ether oxygens (including phenoxy) is 1. The van der Waals surface area contributed by atoms with E-state index in [1.165, 1.54) is 28.6 Å². The second-order valence-electron chi connectivity index (χ2n) is 5.32. The van der Waals surface area contributed by atoms with Gasteiger partial charge in [0.25, 0.3) is 0 Å². The van der Waals surface area contributed by atoms with Crippen LogP contribution < -0.4 is 0 Å². The minimum atomic E-state index is -3.56. The van der Waals surface area contributed by atoms with Crippen molar-refractivity contribution in [3.8, 4) is 6.07 Å². The van der Waals surface area contributed by atoms with Crippen LogP contribution in [0.25, 0.3) is 0 Å². The van der Waals surface area contributed by atoms with E-state index >= 15 is 0 Å². The molecule has 1 aromatic carbocycles. The molecule has 0 radical (unpaired) electrons. The molecule has 1 saturated carbocycles. The molecule has 0 unspecified atom stereocenters. The van der Waals surface area contributed by atoms with Crippen LogP contribution in [-0.2, 0) is 14.8 Å². The van der Waals surface area contributed by atoms with E-state index in [4.69, 9.17) is 10.00 Å². The highest BCUT2D eigenvalue weighted by Gasteiger charge is 2.38. The summed E-state index contributed by atoms with van der Waals surface area (Å²) in [6, 6.07) is 8.01. The lowest BCUT2D eigenvalue weighted by Gasteiger charge is -2.28. The molecule has 0 aromatic heterocycles. The number of methoxy groups -OCH3 is 1. The molecule has 0 spiro atoms. The molecule has 1 fully saturated rings.